The standard InChI is InChI=1S/C7H8IN/c1-3-5(2)7(8)4-6(7)9/h1,4-5H,9H2,2H3/t5-,7+/m0/s1. The van der Waals surface area contributed by atoms with Crippen molar-refractivity contribution in [3.05, 3.63) is 11.8 Å². The van der Waals surface area contributed by atoms with Crippen LogP contribution in [-0.2, 0) is 0 Å². The van der Waals surface area contributed by atoms with Crippen LogP contribution in [0, 0.1) is 18.3 Å². The normalized spacial score (nSPS) is 34.6. The van der Waals surface area contributed by atoms with Gasteiger partial charge in [0, 0.05) is 11.6 Å². The van der Waals surface area contributed by atoms with Crippen LogP contribution >= 0.6 is 22.6 Å². The number of nitrogens with two attached hydrogens (primary N) is 1. The van der Waals surface area contributed by atoms with Crippen LogP contribution in [0.25, 0.3) is 0 Å². The largest absolute Gasteiger partial charge is 0.401 e. The minimum absolute atomic E-state index is 0.0203. The van der Waals surface area contributed by atoms with Gasteiger partial charge in [-0.1, -0.05) is 22.6 Å². The third-order valence-electron chi connectivity index (χ3n) is 1.60. The Morgan fingerprint density at radius 1 is 2.00 bits per heavy atom. The second-order valence-electron chi connectivity index (χ2n) is 2.26. The third-order valence-corrected chi connectivity index (χ3v) is 3.47. The van der Waals surface area contributed by atoms with Gasteiger partial charge in [-0.2, -0.15) is 0 Å². The molecule has 0 spiro atoms. The van der Waals surface area contributed by atoms with E-state index >= 15 is 0 Å². The maximum atomic E-state index is 5.54. The Bertz CT molecular complexity index is 201. The topological polar surface area (TPSA) is 26.0 Å². The zero-order chi connectivity index (χ0) is 7.07. The highest BCUT2D eigenvalue weighted by atomic mass is 127. The number of hydrogen-bond acceptors (Lipinski definition) is 1. The molecule has 48 valence electrons. The first-order valence-corrected chi connectivity index (χ1v) is 3.83. The Balaban J connectivity index is 2.59. The SMILES string of the molecule is C#C[C@H](C)[C@]1(I)C=C1N. The van der Waals surface area contributed by atoms with Crippen molar-refractivity contribution < 1.29 is 0 Å². The predicted molar refractivity (Wildman–Crippen MR) is 47.0 cm³/mol. The molecular formula is C7H8IN. The highest BCUT2D eigenvalue weighted by Crippen LogP contribution is 2.46. The van der Waals surface area contributed by atoms with Gasteiger partial charge in [0.15, 0.2) is 0 Å². The molecule has 1 rings (SSSR count). The Kier molecular flexibility index (Phi) is 1.47. The van der Waals surface area contributed by atoms with Crippen molar-refractivity contribution >= 4 is 22.6 Å². The van der Waals surface area contributed by atoms with Crippen molar-refractivity contribution in [2.45, 2.75) is 10.3 Å². The first-order chi connectivity index (χ1) is 4.11. The lowest BCUT2D eigenvalue weighted by atomic mass is 10.1. The van der Waals surface area contributed by atoms with Crippen molar-refractivity contribution in [1.82, 2.24) is 0 Å². The highest BCUT2D eigenvalue weighted by Gasteiger charge is 2.43. The van der Waals surface area contributed by atoms with Crippen LogP contribution in [-0.4, -0.2) is 3.42 Å². The summed E-state index contributed by atoms with van der Waals surface area (Å²) in [6, 6.07) is 0. The van der Waals surface area contributed by atoms with E-state index in [4.69, 9.17) is 12.2 Å². The van der Waals surface area contributed by atoms with E-state index in [1.165, 1.54) is 0 Å². The smallest absolute Gasteiger partial charge is 0.0944 e. The summed E-state index contributed by atoms with van der Waals surface area (Å²) < 4.78 is 0.0203. The quantitative estimate of drug-likeness (QED) is 0.412. The number of alkyl halides is 1. The maximum Gasteiger partial charge on any atom is 0.0944 e. The van der Waals surface area contributed by atoms with Gasteiger partial charge >= 0.3 is 0 Å². The van der Waals surface area contributed by atoms with Gasteiger partial charge in [0.05, 0.1) is 3.42 Å². The monoisotopic (exact) mass is 233 g/mol. The van der Waals surface area contributed by atoms with Crippen LogP contribution in [0.4, 0.5) is 0 Å². The Labute approximate surface area is 68.8 Å². The molecule has 0 aromatic rings. The Morgan fingerprint density at radius 3 is 2.56 bits per heavy atom. The van der Waals surface area contributed by atoms with E-state index in [0.717, 1.165) is 5.70 Å². The zero-order valence-electron chi connectivity index (χ0n) is 5.19. The summed E-state index contributed by atoms with van der Waals surface area (Å²) >= 11 is 2.28. The molecule has 2 N–H and O–H groups in total. The molecule has 1 aliphatic rings. The fourth-order valence-corrected chi connectivity index (χ4v) is 1.20. The van der Waals surface area contributed by atoms with E-state index in [1.807, 2.05) is 13.0 Å². The van der Waals surface area contributed by atoms with E-state index in [2.05, 4.69) is 28.5 Å². The summed E-state index contributed by atoms with van der Waals surface area (Å²) in [4.78, 5) is 0. The molecule has 0 unspecified atom stereocenters. The van der Waals surface area contributed by atoms with Gasteiger partial charge in [-0.25, -0.2) is 0 Å². The number of allylic oxidation sites excluding steroid dienone is 2. The molecule has 0 saturated carbocycles. The van der Waals surface area contributed by atoms with Crippen molar-refractivity contribution in [3.63, 3.8) is 0 Å². The number of hydrogen-bond donors (Lipinski definition) is 1. The summed E-state index contributed by atoms with van der Waals surface area (Å²) in [5.41, 5.74) is 6.46. The lowest BCUT2D eigenvalue weighted by Crippen LogP contribution is -2.16. The van der Waals surface area contributed by atoms with E-state index in [9.17, 15) is 0 Å². The van der Waals surface area contributed by atoms with Crippen molar-refractivity contribution in [2.75, 3.05) is 0 Å². The maximum absolute atomic E-state index is 5.54. The fraction of sp³-hybridized carbons (Fsp3) is 0.429. The van der Waals surface area contributed by atoms with Gasteiger partial charge in [0.25, 0.3) is 0 Å². The average Bonchev–Trinajstić information content (AvgIpc) is 2.41. The van der Waals surface area contributed by atoms with Gasteiger partial charge in [-0.15, -0.1) is 12.3 Å². The minimum Gasteiger partial charge on any atom is -0.401 e. The first-order valence-electron chi connectivity index (χ1n) is 2.75. The Hall–Kier alpha value is -0.170. The van der Waals surface area contributed by atoms with Crippen LogP contribution in [0.15, 0.2) is 11.8 Å². The van der Waals surface area contributed by atoms with E-state index in [-0.39, 0.29) is 9.34 Å². The van der Waals surface area contributed by atoms with Gasteiger partial charge in [-0.05, 0) is 13.0 Å². The second-order valence-corrected chi connectivity index (χ2v) is 4.04. The van der Waals surface area contributed by atoms with Gasteiger partial charge < -0.3 is 5.73 Å². The molecule has 2 atom stereocenters. The van der Waals surface area contributed by atoms with Crippen molar-refractivity contribution in [3.8, 4) is 12.3 Å². The van der Waals surface area contributed by atoms with E-state index in [1.54, 1.807) is 0 Å². The molecule has 0 heterocycles. The lowest BCUT2D eigenvalue weighted by Gasteiger charge is -2.11. The molecule has 0 saturated heterocycles. The van der Waals surface area contributed by atoms with Crippen molar-refractivity contribution in [2.24, 2.45) is 11.7 Å². The molecule has 0 bridgehead atoms. The molecule has 0 aliphatic heterocycles. The van der Waals surface area contributed by atoms with Crippen molar-refractivity contribution in [1.29, 1.82) is 0 Å². The van der Waals surface area contributed by atoms with Crippen LogP contribution in [0.3, 0.4) is 0 Å². The van der Waals surface area contributed by atoms with E-state index < -0.39 is 0 Å². The lowest BCUT2D eigenvalue weighted by molar-refractivity contribution is 0.745. The molecule has 1 aliphatic carbocycles. The molecule has 0 fully saturated rings. The summed E-state index contributed by atoms with van der Waals surface area (Å²) in [5, 5.41) is 0. The van der Waals surface area contributed by atoms with Crippen LogP contribution in [0.2, 0.25) is 0 Å². The molecule has 0 radical (unpaired) electrons. The summed E-state index contributed by atoms with van der Waals surface area (Å²) in [6.07, 6.45) is 7.21. The second kappa shape index (κ2) is 1.91. The van der Waals surface area contributed by atoms with Crippen LogP contribution in [0.1, 0.15) is 6.92 Å². The number of halogens is 1. The van der Waals surface area contributed by atoms with Crippen LogP contribution in [0.5, 0.6) is 0 Å². The molecule has 0 aromatic heterocycles. The van der Waals surface area contributed by atoms with Gasteiger partial charge in [-0.3, -0.25) is 0 Å². The average molecular weight is 233 g/mol. The highest BCUT2D eigenvalue weighted by molar-refractivity contribution is 14.1. The summed E-state index contributed by atoms with van der Waals surface area (Å²) in [5.74, 6) is 2.89. The number of rotatable bonds is 1. The zero-order valence-corrected chi connectivity index (χ0v) is 7.34. The van der Waals surface area contributed by atoms with E-state index in [0.29, 0.717) is 0 Å². The Morgan fingerprint density at radius 2 is 2.44 bits per heavy atom. The number of terminal acetylenes is 1. The fourth-order valence-electron chi connectivity index (χ4n) is 0.686. The molecule has 1 nitrogen and oxygen atoms in total. The molecule has 9 heavy (non-hydrogen) atoms. The van der Waals surface area contributed by atoms with Gasteiger partial charge in [0.2, 0.25) is 0 Å². The molecule has 0 amide bonds. The predicted octanol–water partition coefficient (Wildman–Crippen LogP) is 1.29. The van der Waals surface area contributed by atoms with Gasteiger partial charge in [0.1, 0.15) is 0 Å². The third kappa shape index (κ3) is 0.940. The molecule has 0 aromatic carbocycles. The first kappa shape index (κ1) is 6.94. The van der Waals surface area contributed by atoms with Crippen LogP contribution < -0.4 is 5.73 Å². The summed E-state index contributed by atoms with van der Waals surface area (Å²) in [7, 11) is 0. The minimum atomic E-state index is 0.0203. The molecule has 2 heteroatoms. The summed E-state index contributed by atoms with van der Waals surface area (Å²) in [6.45, 7) is 2.00. The molecular weight excluding hydrogens is 225 g/mol.